The number of fused-ring (bicyclic) bond motifs is 1. The average molecular weight is 344 g/mol. The van der Waals surface area contributed by atoms with Gasteiger partial charge in [0.05, 0.1) is 20.1 Å². The molecule has 2 aromatic carbocycles. The summed E-state index contributed by atoms with van der Waals surface area (Å²) >= 11 is 0. The molecule has 1 N–H and O–H groups in total. The quantitative estimate of drug-likeness (QED) is 0.868. The van der Waals surface area contributed by atoms with Crippen LogP contribution in [0.3, 0.4) is 0 Å². The molecule has 0 radical (unpaired) electrons. The van der Waals surface area contributed by atoms with Gasteiger partial charge in [0.1, 0.15) is 24.7 Å². The number of benzene rings is 2. The van der Waals surface area contributed by atoms with Crippen LogP contribution in [0.25, 0.3) is 0 Å². The van der Waals surface area contributed by atoms with Gasteiger partial charge in [-0.05, 0) is 35.7 Å². The van der Waals surface area contributed by atoms with E-state index in [1.807, 2.05) is 6.07 Å². The Hall–Kier alpha value is -2.89. The Kier molecular flexibility index (Phi) is 4.97. The van der Waals surface area contributed by atoms with Gasteiger partial charge < -0.3 is 24.1 Å². The summed E-state index contributed by atoms with van der Waals surface area (Å²) in [6, 6.07) is 10.6. The lowest BCUT2D eigenvalue weighted by Crippen LogP contribution is -2.18. The lowest BCUT2D eigenvalue weighted by atomic mass is 9.91. The molecule has 6 nitrogen and oxygen atoms in total. The van der Waals surface area contributed by atoms with E-state index in [-0.39, 0.29) is 0 Å². The molecule has 0 saturated heterocycles. The second-order valence-corrected chi connectivity index (χ2v) is 5.68. The zero-order valence-electron chi connectivity index (χ0n) is 14.2. The third kappa shape index (κ3) is 3.63. The molecular weight excluding hydrogens is 324 g/mol. The molecule has 25 heavy (non-hydrogen) atoms. The number of rotatable bonds is 6. The SMILES string of the molecule is COc1ccc(CC(C(=O)O)c2ccc3c(c2)OCCO3)c(OC)c1. The minimum atomic E-state index is -0.908. The van der Waals surface area contributed by atoms with Crippen LogP contribution in [0.4, 0.5) is 0 Å². The van der Waals surface area contributed by atoms with Crippen molar-refractivity contribution >= 4 is 5.97 Å². The average Bonchev–Trinajstić information content (AvgIpc) is 2.65. The van der Waals surface area contributed by atoms with Crippen molar-refractivity contribution in [2.75, 3.05) is 27.4 Å². The number of ether oxygens (including phenoxy) is 4. The topological polar surface area (TPSA) is 74.2 Å². The van der Waals surface area contributed by atoms with Crippen molar-refractivity contribution in [3.8, 4) is 23.0 Å². The third-order valence-electron chi connectivity index (χ3n) is 4.18. The molecule has 0 fully saturated rings. The highest BCUT2D eigenvalue weighted by Gasteiger charge is 2.24. The number of carboxylic acids is 1. The van der Waals surface area contributed by atoms with Crippen LogP contribution in [0.15, 0.2) is 36.4 Å². The third-order valence-corrected chi connectivity index (χ3v) is 4.18. The Labute approximate surface area is 145 Å². The molecule has 0 aliphatic carbocycles. The van der Waals surface area contributed by atoms with Gasteiger partial charge in [0.2, 0.25) is 0 Å². The summed E-state index contributed by atoms with van der Waals surface area (Å²) in [4.78, 5) is 11.9. The maximum Gasteiger partial charge on any atom is 0.311 e. The summed E-state index contributed by atoms with van der Waals surface area (Å²) in [6.07, 6.45) is 0.294. The molecule has 1 atom stereocenters. The smallest absolute Gasteiger partial charge is 0.311 e. The zero-order chi connectivity index (χ0) is 17.8. The maximum absolute atomic E-state index is 11.9. The number of methoxy groups -OCH3 is 2. The van der Waals surface area contributed by atoms with Crippen LogP contribution in [0, 0.1) is 0 Å². The molecule has 0 saturated carbocycles. The van der Waals surface area contributed by atoms with Crippen molar-refractivity contribution < 1.29 is 28.8 Å². The highest BCUT2D eigenvalue weighted by Crippen LogP contribution is 2.35. The molecule has 132 valence electrons. The minimum absolute atomic E-state index is 0.294. The largest absolute Gasteiger partial charge is 0.497 e. The fraction of sp³-hybridized carbons (Fsp3) is 0.316. The van der Waals surface area contributed by atoms with Crippen molar-refractivity contribution in [1.82, 2.24) is 0 Å². The van der Waals surface area contributed by atoms with Crippen LogP contribution in [0.5, 0.6) is 23.0 Å². The number of carbonyl (C=O) groups is 1. The Bertz CT molecular complexity index is 771. The lowest BCUT2D eigenvalue weighted by Gasteiger charge is -2.21. The summed E-state index contributed by atoms with van der Waals surface area (Å²) in [5.41, 5.74) is 1.46. The van der Waals surface area contributed by atoms with Crippen LogP contribution in [-0.2, 0) is 11.2 Å². The van der Waals surface area contributed by atoms with E-state index in [1.54, 1.807) is 44.6 Å². The van der Waals surface area contributed by atoms with Gasteiger partial charge >= 0.3 is 5.97 Å². The van der Waals surface area contributed by atoms with E-state index in [4.69, 9.17) is 18.9 Å². The van der Waals surface area contributed by atoms with Crippen LogP contribution in [0.2, 0.25) is 0 Å². The van der Waals surface area contributed by atoms with Gasteiger partial charge in [-0.25, -0.2) is 0 Å². The molecule has 1 aliphatic rings. The van der Waals surface area contributed by atoms with Crippen molar-refractivity contribution in [2.24, 2.45) is 0 Å². The van der Waals surface area contributed by atoms with Gasteiger partial charge in [0.25, 0.3) is 0 Å². The molecule has 6 heteroatoms. The highest BCUT2D eigenvalue weighted by molar-refractivity contribution is 5.77. The fourth-order valence-electron chi connectivity index (χ4n) is 2.86. The predicted octanol–water partition coefficient (Wildman–Crippen LogP) is 2.89. The summed E-state index contributed by atoms with van der Waals surface area (Å²) in [6.45, 7) is 0.957. The first-order valence-corrected chi connectivity index (χ1v) is 7.95. The van der Waals surface area contributed by atoms with E-state index >= 15 is 0 Å². The molecule has 1 aliphatic heterocycles. The Morgan fingerprint density at radius 3 is 2.52 bits per heavy atom. The van der Waals surface area contributed by atoms with E-state index in [1.165, 1.54) is 0 Å². The van der Waals surface area contributed by atoms with Crippen molar-refractivity contribution in [3.63, 3.8) is 0 Å². The molecule has 1 heterocycles. The van der Waals surface area contributed by atoms with Gasteiger partial charge in [-0.2, -0.15) is 0 Å². The first-order valence-electron chi connectivity index (χ1n) is 7.95. The zero-order valence-corrected chi connectivity index (χ0v) is 14.2. The summed E-state index contributed by atoms with van der Waals surface area (Å²) in [7, 11) is 3.13. The van der Waals surface area contributed by atoms with Crippen LogP contribution >= 0.6 is 0 Å². The predicted molar refractivity (Wildman–Crippen MR) is 91.1 cm³/mol. The number of aliphatic carboxylic acids is 1. The van der Waals surface area contributed by atoms with E-state index in [0.717, 1.165) is 5.56 Å². The van der Waals surface area contributed by atoms with Crippen LogP contribution < -0.4 is 18.9 Å². The second-order valence-electron chi connectivity index (χ2n) is 5.68. The molecule has 2 aromatic rings. The summed E-state index contributed by atoms with van der Waals surface area (Å²) < 4.78 is 21.6. The van der Waals surface area contributed by atoms with E-state index in [2.05, 4.69) is 0 Å². The van der Waals surface area contributed by atoms with E-state index < -0.39 is 11.9 Å². The van der Waals surface area contributed by atoms with E-state index in [9.17, 15) is 9.90 Å². The van der Waals surface area contributed by atoms with Crippen molar-refractivity contribution in [2.45, 2.75) is 12.3 Å². The second kappa shape index (κ2) is 7.34. The standard InChI is InChI=1S/C19H20O6/c1-22-14-5-3-13(17(11-14)23-2)9-15(19(20)21)12-4-6-16-18(10-12)25-8-7-24-16/h3-6,10-11,15H,7-9H2,1-2H3,(H,20,21). The van der Waals surface area contributed by atoms with E-state index in [0.29, 0.717) is 48.2 Å². The number of hydrogen-bond acceptors (Lipinski definition) is 5. The molecule has 3 rings (SSSR count). The number of hydrogen-bond donors (Lipinski definition) is 1. The normalized spacial score (nSPS) is 13.8. The Balaban J connectivity index is 1.91. The Morgan fingerprint density at radius 1 is 1.08 bits per heavy atom. The lowest BCUT2D eigenvalue weighted by molar-refractivity contribution is -0.138. The fourth-order valence-corrected chi connectivity index (χ4v) is 2.86. The van der Waals surface area contributed by atoms with Crippen LogP contribution in [0.1, 0.15) is 17.0 Å². The molecule has 0 amide bonds. The van der Waals surface area contributed by atoms with Gasteiger partial charge in [-0.3, -0.25) is 4.79 Å². The van der Waals surface area contributed by atoms with Crippen molar-refractivity contribution in [3.05, 3.63) is 47.5 Å². The van der Waals surface area contributed by atoms with Crippen LogP contribution in [-0.4, -0.2) is 38.5 Å². The molecule has 0 bridgehead atoms. The first-order chi connectivity index (χ1) is 12.1. The summed E-state index contributed by atoms with van der Waals surface area (Å²) in [5.74, 6) is 0.848. The maximum atomic E-state index is 11.9. The minimum Gasteiger partial charge on any atom is -0.497 e. The highest BCUT2D eigenvalue weighted by atomic mass is 16.6. The molecular formula is C19H20O6. The Morgan fingerprint density at radius 2 is 1.84 bits per heavy atom. The summed E-state index contributed by atoms with van der Waals surface area (Å²) in [5, 5.41) is 9.72. The molecule has 0 spiro atoms. The molecule has 0 aromatic heterocycles. The van der Waals surface area contributed by atoms with Gasteiger partial charge in [-0.1, -0.05) is 12.1 Å². The number of carboxylic acid groups (broad SMARTS) is 1. The van der Waals surface area contributed by atoms with Crippen molar-refractivity contribution in [1.29, 1.82) is 0 Å². The van der Waals surface area contributed by atoms with Gasteiger partial charge in [0.15, 0.2) is 11.5 Å². The van der Waals surface area contributed by atoms with Gasteiger partial charge in [-0.15, -0.1) is 0 Å². The monoisotopic (exact) mass is 344 g/mol. The van der Waals surface area contributed by atoms with Gasteiger partial charge in [0, 0.05) is 6.07 Å². The molecule has 1 unspecified atom stereocenters. The first kappa shape index (κ1) is 17.0.